The highest BCUT2D eigenvalue weighted by Crippen LogP contribution is 2.28. The Hall–Kier alpha value is -2.56. The van der Waals surface area contributed by atoms with Gasteiger partial charge >= 0.3 is 18.1 Å². The van der Waals surface area contributed by atoms with Crippen molar-refractivity contribution in [3.8, 4) is 10.4 Å². The lowest BCUT2D eigenvalue weighted by Crippen LogP contribution is -2.38. The Morgan fingerprint density at radius 2 is 1.88 bits per heavy atom. The average molecular weight is 378 g/mol. The van der Waals surface area contributed by atoms with Gasteiger partial charge in [0, 0.05) is 11.6 Å². The van der Waals surface area contributed by atoms with Crippen LogP contribution in [-0.2, 0) is 16.1 Å². The van der Waals surface area contributed by atoms with Gasteiger partial charge < -0.3 is 10.2 Å². The molecule has 2 heterocycles. The predicted molar refractivity (Wildman–Crippen MR) is 81.0 cm³/mol. The van der Waals surface area contributed by atoms with Crippen LogP contribution in [0, 0.1) is 13.8 Å². The van der Waals surface area contributed by atoms with Crippen LogP contribution in [0.3, 0.4) is 0 Å². The summed E-state index contributed by atoms with van der Waals surface area (Å²) >= 11 is 1.46. The molecule has 2 rings (SSSR count). The van der Waals surface area contributed by atoms with Crippen LogP contribution in [0.1, 0.15) is 17.7 Å². The smallest absolute Gasteiger partial charge is 0.481 e. The number of aliphatic carboxylic acids is 2. The molecule has 0 saturated carbocycles. The topological polar surface area (TPSA) is 104 Å². The summed E-state index contributed by atoms with van der Waals surface area (Å²) < 4.78 is 37.7. The van der Waals surface area contributed by atoms with Gasteiger partial charge in [0.15, 0.2) is 12.7 Å². The van der Waals surface area contributed by atoms with Crippen molar-refractivity contribution in [3.05, 3.63) is 29.7 Å². The zero-order valence-corrected chi connectivity index (χ0v) is 14.1. The number of rotatable bonds is 4. The molecule has 0 fully saturated rings. The summed E-state index contributed by atoms with van der Waals surface area (Å²) in [6, 6.07) is 1.94. The summed E-state index contributed by atoms with van der Waals surface area (Å²) in [7, 11) is 0. The Morgan fingerprint density at radius 1 is 1.28 bits per heavy atom. The maximum atomic E-state index is 10.6. The lowest BCUT2D eigenvalue weighted by molar-refractivity contribution is -0.752. The molecule has 0 aromatic carbocycles. The second-order valence-corrected chi connectivity index (χ2v) is 5.62. The molecule has 0 radical (unpaired) electrons. The van der Waals surface area contributed by atoms with E-state index < -0.39 is 18.1 Å². The fourth-order valence-electron chi connectivity index (χ4n) is 1.55. The van der Waals surface area contributed by atoms with Crippen molar-refractivity contribution in [1.82, 2.24) is 9.47 Å². The van der Waals surface area contributed by atoms with E-state index in [1.165, 1.54) is 17.1 Å². The molecule has 0 aliphatic rings. The molecule has 0 amide bonds. The number of nitrogens with zero attached hydrogens (tertiary/aromatic N) is 3. The molecular weight excluding hydrogens is 363 g/mol. The quantitative estimate of drug-likeness (QED) is 0.791. The summed E-state index contributed by atoms with van der Waals surface area (Å²) in [5, 5.41) is 19.9. The minimum absolute atomic E-state index is 0.0791. The van der Waals surface area contributed by atoms with Gasteiger partial charge in [-0.25, -0.2) is 4.79 Å². The Kier molecular flexibility index (Phi) is 6.97. The summed E-state index contributed by atoms with van der Waals surface area (Å²) in [5.41, 5.74) is 3.23. The summed E-state index contributed by atoms with van der Waals surface area (Å²) in [5.74, 6) is -3.57. The van der Waals surface area contributed by atoms with Crippen LogP contribution >= 0.6 is 11.5 Å². The third-order valence-corrected chi connectivity index (χ3v) is 4.08. The standard InChI is InChI=1S/C12H13N3O2S.C2HF3O2/c1-8-9(2)14-18-12(8)10-3-5-15(13-7-10)6-4-11(16)17;3-2(4,5)1(6)7/h3,5,7H,4,6H2,1-2H3;(H,6,7)/p+1. The molecule has 2 N–H and O–H groups in total. The molecule has 0 bridgehead atoms. The van der Waals surface area contributed by atoms with E-state index >= 15 is 0 Å². The zero-order valence-electron chi connectivity index (χ0n) is 13.2. The van der Waals surface area contributed by atoms with Gasteiger partial charge in [-0.05, 0) is 36.0 Å². The Balaban J connectivity index is 0.000000381. The molecule has 0 saturated heterocycles. The second-order valence-electron chi connectivity index (χ2n) is 4.85. The molecule has 0 aliphatic carbocycles. The monoisotopic (exact) mass is 378 g/mol. The Morgan fingerprint density at radius 3 is 2.24 bits per heavy atom. The molecule has 0 atom stereocenters. The number of carboxylic acids is 2. The lowest BCUT2D eigenvalue weighted by atomic mass is 10.1. The maximum Gasteiger partial charge on any atom is 0.490 e. The van der Waals surface area contributed by atoms with Gasteiger partial charge in [-0.3, -0.25) is 4.79 Å². The van der Waals surface area contributed by atoms with Gasteiger partial charge in [0.1, 0.15) is 12.6 Å². The van der Waals surface area contributed by atoms with Crippen molar-refractivity contribution in [1.29, 1.82) is 0 Å². The van der Waals surface area contributed by atoms with Gasteiger partial charge in [-0.1, -0.05) is 4.68 Å². The number of carboxylic acid groups (broad SMARTS) is 2. The van der Waals surface area contributed by atoms with Crippen LogP contribution in [0.4, 0.5) is 13.2 Å². The highest BCUT2D eigenvalue weighted by Gasteiger charge is 2.38. The third-order valence-electron chi connectivity index (χ3n) is 2.99. The number of alkyl halides is 3. The van der Waals surface area contributed by atoms with Crippen LogP contribution in [0.15, 0.2) is 18.5 Å². The van der Waals surface area contributed by atoms with E-state index in [-0.39, 0.29) is 6.42 Å². The van der Waals surface area contributed by atoms with Gasteiger partial charge in [-0.2, -0.15) is 17.5 Å². The summed E-state index contributed by atoms with van der Waals surface area (Å²) in [4.78, 5) is 20.5. The minimum atomic E-state index is -5.08. The van der Waals surface area contributed by atoms with Crippen molar-refractivity contribution < 1.29 is 37.7 Å². The normalized spacial score (nSPS) is 10.8. The maximum absolute atomic E-state index is 10.6. The molecule has 7 nitrogen and oxygen atoms in total. The van der Waals surface area contributed by atoms with Crippen molar-refractivity contribution >= 4 is 23.5 Å². The average Bonchev–Trinajstić information content (AvgIpc) is 2.85. The SMILES string of the molecule is Cc1nsc(-c2cc[n+](CCC(=O)O)nc2)c1C.O=C(O)C(F)(F)F. The number of aromatic nitrogens is 3. The number of hydrogen-bond acceptors (Lipinski definition) is 5. The van der Waals surface area contributed by atoms with Crippen molar-refractivity contribution in [2.75, 3.05) is 0 Å². The van der Waals surface area contributed by atoms with Crippen molar-refractivity contribution in [3.63, 3.8) is 0 Å². The second kappa shape index (κ2) is 8.51. The summed E-state index contributed by atoms with van der Waals surface area (Å²) in [6.45, 7) is 4.41. The zero-order chi connectivity index (χ0) is 19.2. The first-order valence-electron chi connectivity index (χ1n) is 6.83. The summed E-state index contributed by atoms with van der Waals surface area (Å²) in [6.07, 6.45) is -1.45. The van der Waals surface area contributed by atoms with Crippen LogP contribution in [0.5, 0.6) is 0 Å². The fourth-order valence-corrected chi connectivity index (χ4v) is 2.42. The molecule has 25 heavy (non-hydrogen) atoms. The number of carbonyl (C=O) groups is 2. The molecule has 11 heteroatoms. The highest BCUT2D eigenvalue weighted by atomic mass is 32.1. The minimum Gasteiger partial charge on any atom is -0.481 e. The molecular formula is C14H15F3N3O4S+. The molecule has 136 valence electrons. The van der Waals surface area contributed by atoms with E-state index in [4.69, 9.17) is 15.0 Å². The van der Waals surface area contributed by atoms with E-state index in [0.717, 1.165) is 16.1 Å². The van der Waals surface area contributed by atoms with Crippen LogP contribution < -0.4 is 4.68 Å². The molecule has 2 aromatic rings. The van der Waals surface area contributed by atoms with Crippen molar-refractivity contribution in [2.24, 2.45) is 0 Å². The number of aryl methyl sites for hydroxylation is 2. The van der Waals surface area contributed by atoms with E-state index in [9.17, 15) is 18.0 Å². The van der Waals surface area contributed by atoms with Crippen LogP contribution in [-0.4, -0.2) is 37.8 Å². The van der Waals surface area contributed by atoms with Crippen LogP contribution in [0.25, 0.3) is 10.4 Å². The van der Waals surface area contributed by atoms with Gasteiger partial charge in [0.05, 0.1) is 10.6 Å². The fraction of sp³-hybridized carbons (Fsp3) is 0.357. The first kappa shape index (κ1) is 20.5. The number of halogens is 3. The molecule has 0 unspecified atom stereocenters. The Bertz CT molecular complexity index is 745. The van der Waals surface area contributed by atoms with Gasteiger partial charge in [-0.15, -0.1) is 0 Å². The van der Waals surface area contributed by atoms with E-state index in [2.05, 4.69) is 9.47 Å². The van der Waals surface area contributed by atoms with Gasteiger partial charge in [0.25, 0.3) is 0 Å². The first-order chi connectivity index (χ1) is 11.5. The highest BCUT2D eigenvalue weighted by molar-refractivity contribution is 7.09. The molecule has 0 aliphatic heterocycles. The molecule has 2 aromatic heterocycles. The Labute approximate surface area is 144 Å². The van der Waals surface area contributed by atoms with Crippen LogP contribution in [0.2, 0.25) is 0 Å². The lowest BCUT2D eigenvalue weighted by Gasteiger charge is -1.97. The predicted octanol–water partition coefficient (Wildman–Crippen LogP) is 2.22. The largest absolute Gasteiger partial charge is 0.490 e. The first-order valence-corrected chi connectivity index (χ1v) is 7.60. The van der Waals surface area contributed by atoms with E-state index in [1.807, 2.05) is 19.9 Å². The number of hydrogen-bond donors (Lipinski definition) is 2. The van der Waals surface area contributed by atoms with Crippen molar-refractivity contribution in [2.45, 2.75) is 33.0 Å². The van der Waals surface area contributed by atoms with E-state index in [1.54, 1.807) is 17.1 Å². The molecule has 0 spiro atoms. The van der Waals surface area contributed by atoms with Gasteiger partial charge in [0.2, 0.25) is 0 Å². The third kappa shape index (κ3) is 6.45. The van der Waals surface area contributed by atoms with E-state index in [0.29, 0.717) is 6.54 Å².